The first-order valence-corrected chi connectivity index (χ1v) is 8.04. The first kappa shape index (κ1) is 18.9. The molecule has 0 aliphatic heterocycles. The van der Waals surface area contributed by atoms with E-state index in [2.05, 4.69) is 5.32 Å². The second-order valence-electron chi connectivity index (χ2n) is 5.89. The van der Waals surface area contributed by atoms with E-state index in [1.54, 1.807) is 6.07 Å². The highest BCUT2D eigenvalue weighted by Gasteiger charge is 2.13. The molecular weight excluding hydrogens is 372 g/mol. The van der Waals surface area contributed by atoms with E-state index in [1.807, 2.05) is 0 Å². The van der Waals surface area contributed by atoms with E-state index >= 15 is 0 Å². The highest BCUT2D eigenvalue weighted by Crippen LogP contribution is 2.17. The maximum absolute atomic E-state index is 13.7. The lowest BCUT2D eigenvalue weighted by molar-refractivity contribution is -0.384. The van der Waals surface area contributed by atoms with Crippen molar-refractivity contribution < 1.29 is 18.5 Å². The lowest BCUT2D eigenvalue weighted by Gasteiger charge is -2.10. The lowest BCUT2D eigenvalue weighted by atomic mass is 10.2. The first-order valence-electron chi connectivity index (χ1n) is 8.04. The van der Waals surface area contributed by atoms with Gasteiger partial charge in [0.15, 0.2) is 0 Å². The zero-order valence-electron chi connectivity index (χ0n) is 14.3. The van der Waals surface area contributed by atoms with Gasteiger partial charge in [-0.25, -0.2) is 8.78 Å². The number of rotatable bonds is 5. The van der Waals surface area contributed by atoms with Crippen molar-refractivity contribution in [3.05, 3.63) is 104 Å². The van der Waals surface area contributed by atoms with Gasteiger partial charge in [-0.3, -0.25) is 19.7 Å². The molecule has 1 heterocycles. The molecule has 1 aromatic heterocycles. The molecule has 0 aliphatic rings. The smallest absolute Gasteiger partial charge is 0.269 e. The van der Waals surface area contributed by atoms with Crippen LogP contribution in [0.15, 0.2) is 65.6 Å². The topological polar surface area (TPSA) is 94.2 Å². The van der Waals surface area contributed by atoms with E-state index in [1.165, 1.54) is 35.0 Å². The molecule has 3 rings (SSSR count). The molecule has 0 radical (unpaired) electrons. The summed E-state index contributed by atoms with van der Waals surface area (Å²) >= 11 is 0. The number of carbonyl (C=O) groups is 1. The fraction of sp³-hybridized carbons (Fsp3) is 0.0526. The number of nitrogens with one attached hydrogen (secondary N) is 1. The molecule has 0 spiro atoms. The van der Waals surface area contributed by atoms with E-state index in [-0.39, 0.29) is 23.5 Å². The van der Waals surface area contributed by atoms with Crippen molar-refractivity contribution in [3.63, 3.8) is 0 Å². The predicted molar refractivity (Wildman–Crippen MR) is 97.2 cm³/mol. The molecule has 0 atom stereocenters. The second-order valence-corrected chi connectivity index (χ2v) is 5.89. The summed E-state index contributed by atoms with van der Waals surface area (Å²) in [4.78, 5) is 34.7. The average Bonchev–Trinajstić information content (AvgIpc) is 2.66. The SMILES string of the molecule is O=C(Nc1cc(F)ccc1F)c1ccc(=O)n(Cc2cccc([N+](=O)[O-])c2)c1. The van der Waals surface area contributed by atoms with Gasteiger partial charge in [-0.1, -0.05) is 12.1 Å². The third-order valence-electron chi connectivity index (χ3n) is 3.90. The van der Waals surface area contributed by atoms with Crippen molar-refractivity contribution in [3.8, 4) is 0 Å². The number of anilines is 1. The van der Waals surface area contributed by atoms with Gasteiger partial charge >= 0.3 is 0 Å². The van der Waals surface area contributed by atoms with Crippen LogP contribution in [0.3, 0.4) is 0 Å². The molecular formula is C19H13F2N3O4. The summed E-state index contributed by atoms with van der Waals surface area (Å²) in [5.41, 5.74) is -0.360. The maximum Gasteiger partial charge on any atom is 0.269 e. The number of nitrogens with zero attached hydrogens (tertiary/aromatic N) is 2. The van der Waals surface area contributed by atoms with Crippen molar-refractivity contribution in [2.24, 2.45) is 0 Å². The fourth-order valence-electron chi connectivity index (χ4n) is 2.54. The standard InChI is InChI=1S/C19H13F2N3O4/c20-14-5-6-16(21)17(9-14)22-19(26)13-4-7-18(25)23(11-13)10-12-2-1-3-15(8-12)24(27)28/h1-9,11H,10H2,(H,22,26). The molecule has 142 valence electrons. The van der Waals surface area contributed by atoms with Crippen LogP contribution < -0.4 is 10.9 Å². The van der Waals surface area contributed by atoms with Crippen LogP contribution in [0.4, 0.5) is 20.2 Å². The number of carbonyl (C=O) groups excluding carboxylic acids is 1. The van der Waals surface area contributed by atoms with E-state index < -0.39 is 28.0 Å². The number of halogens is 2. The molecule has 0 bridgehead atoms. The molecule has 28 heavy (non-hydrogen) atoms. The normalized spacial score (nSPS) is 10.5. The highest BCUT2D eigenvalue weighted by molar-refractivity contribution is 6.04. The van der Waals surface area contributed by atoms with Crippen molar-refractivity contribution in [2.75, 3.05) is 5.32 Å². The molecule has 0 saturated carbocycles. The zero-order chi connectivity index (χ0) is 20.3. The lowest BCUT2D eigenvalue weighted by Crippen LogP contribution is -2.22. The molecule has 0 unspecified atom stereocenters. The van der Waals surface area contributed by atoms with Crippen molar-refractivity contribution in [2.45, 2.75) is 6.54 Å². The Morgan fingerprint density at radius 1 is 1.11 bits per heavy atom. The van der Waals surface area contributed by atoms with Crippen LogP contribution in [-0.4, -0.2) is 15.4 Å². The Balaban J connectivity index is 1.86. The molecule has 0 saturated heterocycles. The predicted octanol–water partition coefficient (Wildman–Crippen LogP) is 3.34. The molecule has 2 aromatic carbocycles. The molecule has 1 amide bonds. The Kier molecular flexibility index (Phi) is 5.25. The molecule has 1 N–H and O–H groups in total. The van der Waals surface area contributed by atoms with Crippen LogP contribution >= 0.6 is 0 Å². The van der Waals surface area contributed by atoms with Gasteiger partial charge in [0.1, 0.15) is 11.6 Å². The van der Waals surface area contributed by atoms with E-state index in [4.69, 9.17) is 0 Å². The van der Waals surface area contributed by atoms with Gasteiger partial charge in [0.05, 0.1) is 22.7 Å². The number of aromatic nitrogens is 1. The van der Waals surface area contributed by atoms with Crippen LogP contribution in [-0.2, 0) is 6.54 Å². The number of hydrogen-bond donors (Lipinski definition) is 1. The van der Waals surface area contributed by atoms with E-state index in [0.29, 0.717) is 5.56 Å². The van der Waals surface area contributed by atoms with Gasteiger partial charge in [-0.2, -0.15) is 0 Å². The summed E-state index contributed by atoms with van der Waals surface area (Å²) in [5, 5.41) is 13.1. The van der Waals surface area contributed by atoms with Crippen molar-refractivity contribution in [1.29, 1.82) is 0 Å². The number of benzene rings is 2. The number of non-ortho nitro benzene ring substituents is 1. The van der Waals surface area contributed by atoms with E-state index in [9.17, 15) is 28.5 Å². The summed E-state index contributed by atoms with van der Waals surface area (Å²) in [5.74, 6) is -2.26. The Bertz CT molecular complexity index is 1130. The minimum atomic E-state index is -0.806. The largest absolute Gasteiger partial charge is 0.319 e. The summed E-state index contributed by atoms with van der Waals surface area (Å²) in [6, 6.07) is 10.8. The highest BCUT2D eigenvalue weighted by atomic mass is 19.1. The maximum atomic E-state index is 13.7. The van der Waals surface area contributed by atoms with Gasteiger partial charge in [-0.05, 0) is 23.8 Å². The minimum absolute atomic E-state index is 0.00401. The Morgan fingerprint density at radius 3 is 2.64 bits per heavy atom. The van der Waals surface area contributed by atoms with Gasteiger partial charge < -0.3 is 9.88 Å². The second kappa shape index (κ2) is 7.78. The number of nitro groups is 1. The monoisotopic (exact) mass is 385 g/mol. The zero-order valence-corrected chi connectivity index (χ0v) is 14.3. The van der Waals surface area contributed by atoms with Crippen LogP contribution in [0.1, 0.15) is 15.9 Å². The Labute approximate surface area is 157 Å². The van der Waals surface area contributed by atoms with Crippen LogP contribution in [0.5, 0.6) is 0 Å². The Morgan fingerprint density at radius 2 is 1.89 bits per heavy atom. The van der Waals surface area contributed by atoms with Gasteiger partial charge in [-0.15, -0.1) is 0 Å². The van der Waals surface area contributed by atoms with Gasteiger partial charge in [0, 0.05) is 30.5 Å². The third kappa shape index (κ3) is 4.26. The minimum Gasteiger partial charge on any atom is -0.319 e. The Hall–Kier alpha value is -3.88. The summed E-state index contributed by atoms with van der Waals surface area (Å²) in [6.07, 6.45) is 1.24. The molecule has 7 nitrogen and oxygen atoms in total. The molecule has 3 aromatic rings. The molecule has 9 heteroatoms. The van der Waals surface area contributed by atoms with E-state index in [0.717, 1.165) is 24.3 Å². The van der Waals surface area contributed by atoms with Crippen LogP contribution in [0.25, 0.3) is 0 Å². The van der Waals surface area contributed by atoms with Gasteiger partial charge in [0.25, 0.3) is 17.2 Å². The number of nitro benzene ring substituents is 1. The van der Waals surface area contributed by atoms with Gasteiger partial charge in [0.2, 0.25) is 0 Å². The number of pyridine rings is 1. The summed E-state index contributed by atoms with van der Waals surface area (Å²) in [7, 11) is 0. The van der Waals surface area contributed by atoms with Crippen LogP contribution in [0, 0.1) is 21.7 Å². The quantitative estimate of drug-likeness (QED) is 0.538. The first-order chi connectivity index (χ1) is 13.3. The van der Waals surface area contributed by atoms with Crippen LogP contribution in [0.2, 0.25) is 0 Å². The van der Waals surface area contributed by atoms with Crippen molar-refractivity contribution >= 4 is 17.3 Å². The van der Waals surface area contributed by atoms with Crippen molar-refractivity contribution in [1.82, 2.24) is 4.57 Å². The molecule has 0 fully saturated rings. The molecule has 0 aliphatic carbocycles. The summed E-state index contributed by atoms with van der Waals surface area (Å²) in [6.45, 7) is -0.00401. The fourth-order valence-corrected chi connectivity index (χ4v) is 2.54. The average molecular weight is 385 g/mol. The third-order valence-corrected chi connectivity index (χ3v) is 3.90. The number of amides is 1. The summed E-state index contributed by atoms with van der Waals surface area (Å²) < 4.78 is 28.1. The number of hydrogen-bond acceptors (Lipinski definition) is 4.